The predicted molar refractivity (Wildman–Crippen MR) is 120 cm³/mol. The number of para-hydroxylation sites is 2. The van der Waals surface area contributed by atoms with E-state index in [0.717, 1.165) is 4.47 Å². The maximum atomic E-state index is 13.1. The Labute approximate surface area is 181 Å². The van der Waals surface area contributed by atoms with Gasteiger partial charge in [0.1, 0.15) is 18.1 Å². The quantitative estimate of drug-likeness (QED) is 0.437. The summed E-state index contributed by atoms with van der Waals surface area (Å²) in [7, 11) is 0. The lowest BCUT2D eigenvalue weighted by Gasteiger charge is -2.11. The minimum absolute atomic E-state index is 0.0604. The van der Waals surface area contributed by atoms with Crippen molar-refractivity contribution in [2.24, 2.45) is 5.10 Å². The summed E-state index contributed by atoms with van der Waals surface area (Å²) >= 11 is 3.41. The van der Waals surface area contributed by atoms with Crippen molar-refractivity contribution < 1.29 is 9.84 Å². The Hall–Kier alpha value is -3.45. The van der Waals surface area contributed by atoms with E-state index in [1.807, 2.05) is 36.4 Å². The van der Waals surface area contributed by atoms with Crippen LogP contribution in [0.1, 0.15) is 17.0 Å². The Bertz CT molecular complexity index is 1300. The normalized spacial score (nSPS) is 11.3. The van der Waals surface area contributed by atoms with Crippen molar-refractivity contribution in [1.29, 1.82) is 0 Å². The summed E-state index contributed by atoms with van der Waals surface area (Å²) in [5.74, 6) is 1.12. The highest BCUT2D eigenvalue weighted by atomic mass is 79.9. The van der Waals surface area contributed by atoms with Gasteiger partial charge in [-0.05, 0) is 48.9 Å². The Morgan fingerprint density at radius 1 is 1.13 bits per heavy atom. The van der Waals surface area contributed by atoms with Crippen LogP contribution in [0, 0.1) is 6.92 Å². The van der Waals surface area contributed by atoms with Crippen LogP contribution in [0.5, 0.6) is 11.5 Å². The fraction of sp³-hybridized carbons (Fsp3) is 0.0870. The zero-order chi connectivity index (χ0) is 21.1. The van der Waals surface area contributed by atoms with Gasteiger partial charge < -0.3 is 9.84 Å². The molecule has 4 aromatic rings. The summed E-state index contributed by atoms with van der Waals surface area (Å²) in [5.41, 5.74) is 1.44. The molecule has 0 fully saturated rings. The predicted octanol–water partition coefficient (Wildman–Crippen LogP) is 4.63. The van der Waals surface area contributed by atoms with Crippen LogP contribution in [0.15, 0.2) is 81.1 Å². The minimum atomic E-state index is -0.310. The highest BCUT2D eigenvalue weighted by molar-refractivity contribution is 9.10. The maximum Gasteiger partial charge on any atom is 0.282 e. The Kier molecular flexibility index (Phi) is 5.63. The SMILES string of the molecule is Cc1cc(Br)cc(/C=N/n2c(COc3ccccc3)nc3ccccc3c2=O)c1O. The number of nitrogens with zero attached hydrogens (tertiary/aromatic N) is 3. The first-order chi connectivity index (χ1) is 14.5. The van der Waals surface area contributed by atoms with Crippen LogP contribution in [0.3, 0.4) is 0 Å². The van der Waals surface area contributed by atoms with Gasteiger partial charge in [-0.2, -0.15) is 9.78 Å². The minimum Gasteiger partial charge on any atom is -0.507 e. The van der Waals surface area contributed by atoms with Gasteiger partial charge in [-0.1, -0.05) is 46.3 Å². The summed E-state index contributed by atoms with van der Waals surface area (Å²) in [5, 5.41) is 15.1. The average Bonchev–Trinajstić information content (AvgIpc) is 2.75. The first kappa shape index (κ1) is 19.8. The van der Waals surface area contributed by atoms with Crippen LogP contribution in [0.25, 0.3) is 10.9 Å². The fourth-order valence-electron chi connectivity index (χ4n) is 3.03. The summed E-state index contributed by atoms with van der Waals surface area (Å²) in [4.78, 5) is 17.7. The van der Waals surface area contributed by atoms with Gasteiger partial charge in [0, 0.05) is 10.0 Å². The number of aromatic nitrogens is 2. The summed E-state index contributed by atoms with van der Waals surface area (Å²) in [6.07, 6.45) is 1.44. The molecule has 1 aromatic heterocycles. The van der Waals surface area contributed by atoms with E-state index in [2.05, 4.69) is 26.0 Å². The lowest BCUT2D eigenvalue weighted by atomic mass is 10.1. The Morgan fingerprint density at radius 3 is 2.67 bits per heavy atom. The molecule has 4 rings (SSSR count). The van der Waals surface area contributed by atoms with E-state index in [-0.39, 0.29) is 17.9 Å². The number of aryl methyl sites for hydroxylation is 1. The van der Waals surface area contributed by atoms with E-state index >= 15 is 0 Å². The van der Waals surface area contributed by atoms with Gasteiger partial charge >= 0.3 is 0 Å². The number of benzene rings is 3. The highest BCUT2D eigenvalue weighted by Crippen LogP contribution is 2.25. The highest BCUT2D eigenvalue weighted by Gasteiger charge is 2.12. The lowest BCUT2D eigenvalue weighted by Crippen LogP contribution is -2.23. The van der Waals surface area contributed by atoms with E-state index < -0.39 is 0 Å². The molecule has 150 valence electrons. The molecule has 0 aliphatic heterocycles. The van der Waals surface area contributed by atoms with Gasteiger partial charge in [0.05, 0.1) is 17.1 Å². The Balaban J connectivity index is 1.79. The molecule has 0 unspecified atom stereocenters. The number of aromatic hydroxyl groups is 1. The smallest absolute Gasteiger partial charge is 0.282 e. The first-order valence-corrected chi connectivity index (χ1v) is 10.0. The molecule has 0 amide bonds. The van der Waals surface area contributed by atoms with Crippen LogP contribution in [-0.4, -0.2) is 21.0 Å². The second-order valence-corrected chi connectivity index (χ2v) is 7.58. The molecular formula is C23H18BrN3O3. The zero-order valence-electron chi connectivity index (χ0n) is 16.1. The van der Waals surface area contributed by atoms with Crippen molar-refractivity contribution in [3.8, 4) is 11.5 Å². The van der Waals surface area contributed by atoms with Crippen LogP contribution < -0.4 is 10.3 Å². The number of fused-ring (bicyclic) bond motifs is 1. The van der Waals surface area contributed by atoms with Crippen molar-refractivity contribution in [2.75, 3.05) is 0 Å². The van der Waals surface area contributed by atoms with Crippen LogP contribution >= 0.6 is 15.9 Å². The average molecular weight is 464 g/mol. The maximum absolute atomic E-state index is 13.1. The molecule has 3 aromatic carbocycles. The molecule has 30 heavy (non-hydrogen) atoms. The third kappa shape index (κ3) is 4.11. The van der Waals surface area contributed by atoms with Gasteiger partial charge in [-0.15, -0.1) is 0 Å². The molecule has 0 aliphatic carbocycles. The van der Waals surface area contributed by atoms with Crippen molar-refractivity contribution in [1.82, 2.24) is 9.66 Å². The zero-order valence-corrected chi connectivity index (χ0v) is 17.7. The topological polar surface area (TPSA) is 76.7 Å². The first-order valence-electron chi connectivity index (χ1n) is 9.25. The van der Waals surface area contributed by atoms with Gasteiger partial charge in [-0.3, -0.25) is 4.79 Å². The largest absolute Gasteiger partial charge is 0.507 e. The molecule has 0 saturated carbocycles. The fourth-order valence-corrected chi connectivity index (χ4v) is 3.62. The molecular weight excluding hydrogens is 446 g/mol. The second-order valence-electron chi connectivity index (χ2n) is 6.67. The van der Waals surface area contributed by atoms with Gasteiger partial charge in [-0.25, -0.2) is 4.98 Å². The van der Waals surface area contributed by atoms with Crippen molar-refractivity contribution in [3.05, 3.63) is 98.5 Å². The van der Waals surface area contributed by atoms with Gasteiger partial charge in [0.25, 0.3) is 5.56 Å². The summed E-state index contributed by atoms with van der Waals surface area (Å²) in [6, 6.07) is 19.9. The Morgan fingerprint density at radius 2 is 1.87 bits per heavy atom. The number of phenolic OH excluding ortho intramolecular Hbond substituents is 1. The number of hydrogen-bond acceptors (Lipinski definition) is 5. The molecule has 0 spiro atoms. The third-order valence-electron chi connectivity index (χ3n) is 4.54. The molecule has 0 aliphatic rings. The molecule has 7 heteroatoms. The monoisotopic (exact) mass is 463 g/mol. The van der Waals surface area contributed by atoms with Gasteiger partial charge in [0.15, 0.2) is 5.82 Å². The van der Waals surface area contributed by atoms with Crippen LogP contribution in [0.2, 0.25) is 0 Å². The summed E-state index contributed by atoms with van der Waals surface area (Å²) < 4.78 is 7.81. The standard InChI is InChI=1S/C23H18BrN3O3/c1-15-11-17(24)12-16(22(15)28)13-25-27-21(14-30-18-7-3-2-4-8-18)26-20-10-6-5-9-19(20)23(27)29/h2-13,28H,14H2,1H3/b25-13+. The van der Waals surface area contributed by atoms with Crippen molar-refractivity contribution in [2.45, 2.75) is 13.5 Å². The number of ether oxygens (including phenoxy) is 1. The summed E-state index contributed by atoms with van der Waals surface area (Å²) in [6.45, 7) is 1.85. The number of phenols is 1. The molecule has 0 saturated heterocycles. The number of hydrogen-bond donors (Lipinski definition) is 1. The van der Waals surface area contributed by atoms with Crippen LogP contribution in [0.4, 0.5) is 0 Å². The molecule has 1 heterocycles. The molecule has 0 radical (unpaired) electrons. The second kappa shape index (κ2) is 8.51. The van der Waals surface area contributed by atoms with Crippen molar-refractivity contribution >= 4 is 33.0 Å². The number of rotatable bonds is 5. The lowest BCUT2D eigenvalue weighted by molar-refractivity contribution is 0.289. The molecule has 0 atom stereocenters. The third-order valence-corrected chi connectivity index (χ3v) is 5.00. The van der Waals surface area contributed by atoms with Gasteiger partial charge in [0.2, 0.25) is 0 Å². The molecule has 1 N–H and O–H groups in total. The van der Waals surface area contributed by atoms with E-state index in [1.165, 1.54) is 10.9 Å². The van der Waals surface area contributed by atoms with E-state index in [9.17, 15) is 9.90 Å². The van der Waals surface area contributed by atoms with Crippen molar-refractivity contribution in [3.63, 3.8) is 0 Å². The van der Waals surface area contributed by atoms with Crippen LogP contribution in [-0.2, 0) is 6.61 Å². The molecule has 6 nitrogen and oxygen atoms in total. The number of halogens is 1. The van der Waals surface area contributed by atoms with E-state index in [1.54, 1.807) is 37.3 Å². The van der Waals surface area contributed by atoms with E-state index in [0.29, 0.717) is 33.6 Å². The van der Waals surface area contributed by atoms with E-state index in [4.69, 9.17) is 4.74 Å². The molecule has 0 bridgehead atoms.